The number of carbonyl (C=O) groups excluding carboxylic acids is 2. The zero-order valence-corrected chi connectivity index (χ0v) is 12.7. The monoisotopic (exact) mass is 310 g/mol. The third kappa shape index (κ3) is 3.11. The molecule has 1 aromatic rings. The Morgan fingerprint density at radius 2 is 1.95 bits per heavy atom. The van der Waals surface area contributed by atoms with Gasteiger partial charge in [-0.3, -0.25) is 4.79 Å². The fourth-order valence-electron chi connectivity index (χ4n) is 2.40. The molecule has 5 nitrogen and oxygen atoms in total. The molecular weight excluding hydrogens is 291 g/mol. The Morgan fingerprint density at radius 1 is 1.32 bits per heavy atom. The van der Waals surface area contributed by atoms with E-state index in [0.717, 1.165) is 0 Å². The number of hydrogen-bond donors (Lipinski definition) is 0. The molecule has 0 amide bonds. The molecule has 0 radical (unpaired) electrons. The van der Waals surface area contributed by atoms with Crippen LogP contribution in [0.1, 0.15) is 37.6 Å². The molecule has 6 heteroatoms. The highest BCUT2D eigenvalue weighted by atomic mass is 19.1. The Hall–Kier alpha value is -1.95. The zero-order valence-electron chi connectivity index (χ0n) is 12.7. The van der Waals surface area contributed by atoms with Crippen LogP contribution in [0.4, 0.5) is 4.39 Å². The highest BCUT2D eigenvalue weighted by molar-refractivity contribution is 5.89. The van der Waals surface area contributed by atoms with Crippen molar-refractivity contribution in [1.82, 2.24) is 0 Å². The first-order chi connectivity index (χ1) is 10.4. The summed E-state index contributed by atoms with van der Waals surface area (Å²) in [5.74, 6) is -1.32. The van der Waals surface area contributed by atoms with Gasteiger partial charge < -0.3 is 14.2 Å². The van der Waals surface area contributed by atoms with Crippen molar-refractivity contribution < 1.29 is 28.2 Å². The first kappa shape index (κ1) is 16.4. The number of hydrogen-bond acceptors (Lipinski definition) is 5. The highest BCUT2D eigenvalue weighted by Gasteiger charge is 2.59. The van der Waals surface area contributed by atoms with E-state index in [1.165, 1.54) is 13.8 Å². The topological polar surface area (TPSA) is 61.8 Å². The highest BCUT2D eigenvalue weighted by Crippen LogP contribution is 2.39. The number of carbonyl (C=O) groups is 2. The van der Waals surface area contributed by atoms with Crippen molar-refractivity contribution in [3.63, 3.8) is 0 Å². The molecule has 1 saturated heterocycles. The van der Waals surface area contributed by atoms with E-state index in [4.69, 9.17) is 14.2 Å². The second kappa shape index (κ2) is 6.44. The molecule has 120 valence electrons. The van der Waals surface area contributed by atoms with Crippen LogP contribution in [-0.4, -0.2) is 36.1 Å². The number of halogens is 1. The van der Waals surface area contributed by atoms with Gasteiger partial charge >= 0.3 is 11.9 Å². The van der Waals surface area contributed by atoms with E-state index >= 15 is 0 Å². The van der Waals surface area contributed by atoms with Gasteiger partial charge in [0.25, 0.3) is 0 Å². The van der Waals surface area contributed by atoms with Gasteiger partial charge in [-0.15, -0.1) is 0 Å². The second-order valence-electron chi connectivity index (χ2n) is 5.37. The molecule has 1 heterocycles. The lowest BCUT2D eigenvalue weighted by Crippen LogP contribution is -2.48. The van der Waals surface area contributed by atoms with Crippen molar-refractivity contribution in [3.8, 4) is 0 Å². The largest absolute Gasteiger partial charge is 0.446 e. The van der Waals surface area contributed by atoms with Crippen LogP contribution in [0.2, 0.25) is 0 Å². The van der Waals surface area contributed by atoms with Gasteiger partial charge in [0, 0.05) is 6.92 Å². The molecule has 2 rings (SSSR count). The minimum Gasteiger partial charge on any atom is -0.446 e. The minimum absolute atomic E-state index is 0.289. The van der Waals surface area contributed by atoms with Crippen molar-refractivity contribution in [1.29, 1.82) is 0 Å². The van der Waals surface area contributed by atoms with E-state index < -0.39 is 36.1 Å². The standard InChI is InChI=1S/C16H19FO5/c1-4-12-13(17)16(3,15(21-12)20-10(2)18)22-14(19)11-8-6-5-7-9-11/h5-9,12-13,15H,4H2,1-3H3/t12-,13-,15-,16+/m1/s1. The van der Waals surface area contributed by atoms with Crippen molar-refractivity contribution in [2.24, 2.45) is 0 Å². The van der Waals surface area contributed by atoms with E-state index in [-0.39, 0.29) is 5.56 Å². The molecule has 1 aliphatic rings. The fraction of sp³-hybridized carbons (Fsp3) is 0.500. The number of ether oxygens (including phenoxy) is 3. The zero-order chi connectivity index (χ0) is 16.3. The van der Waals surface area contributed by atoms with Crippen LogP contribution in [0.25, 0.3) is 0 Å². The average molecular weight is 310 g/mol. The Balaban J connectivity index is 2.23. The maximum Gasteiger partial charge on any atom is 0.339 e. The average Bonchev–Trinajstić information content (AvgIpc) is 2.72. The lowest BCUT2D eigenvalue weighted by Gasteiger charge is -2.30. The summed E-state index contributed by atoms with van der Waals surface area (Å²) >= 11 is 0. The molecule has 22 heavy (non-hydrogen) atoms. The normalized spacial score (nSPS) is 30.8. The van der Waals surface area contributed by atoms with Gasteiger partial charge in [0.05, 0.1) is 11.7 Å². The van der Waals surface area contributed by atoms with E-state index in [1.54, 1.807) is 37.3 Å². The fourth-order valence-corrected chi connectivity index (χ4v) is 2.40. The van der Waals surface area contributed by atoms with Crippen LogP contribution < -0.4 is 0 Å². The summed E-state index contributed by atoms with van der Waals surface area (Å²) in [4.78, 5) is 23.4. The SMILES string of the molecule is CC[C@H]1O[C@@H](OC(C)=O)[C@@](C)(OC(=O)c2ccccc2)[C@@H]1F. The Kier molecular flexibility index (Phi) is 4.81. The first-order valence-corrected chi connectivity index (χ1v) is 7.13. The molecular formula is C16H19FO5. The lowest BCUT2D eigenvalue weighted by atomic mass is 9.97. The lowest BCUT2D eigenvalue weighted by molar-refractivity contribution is -0.203. The molecule has 4 atom stereocenters. The van der Waals surface area contributed by atoms with Crippen LogP contribution in [0.5, 0.6) is 0 Å². The summed E-state index contributed by atoms with van der Waals surface area (Å²) in [6.07, 6.45) is -3.28. The number of alkyl halides is 1. The minimum atomic E-state index is -1.68. The van der Waals surface area contributed by atoms with Gasteiger partial charge in [-0.1, -0.05) is 25.1 Å². The molecule has 0 aromatic heterocycles. The second-order valence-corrected chi connectivity index (χ2v) is 5.37. The number of esters is 2. The number of rotatable bonds is 4. The number of benzene rings is 1. The first-order valence-electron chi connectivity index (χ1n) is 7.13. The van der Waals surface area contributed by atoms with Crippen molar-refractivity contribution in [2.45, 2.75) is 51.4 Å². The summed E-state index contributed by atoms with van der Waals surface area (Å²) in [7, 11) is 0. The molecule has 0 unspecified atom stereocenters. The van der Waals surface area contributed by atoms with Crippen molar-refractivity contribution in [3.05, 3.63) is 35.9 Å². The van der Waals surface area contributed by atoms with Crippen LogP contribution in [-0.2, 0) is 19.0 Å². The third-order valence-electron chi connectivity index (χ3n) is 3.64. The summed E-state index contributed by atoms with van der Waals surface area (Å²) in [6.45, 7) is 4.31. The summed E-state index contributed by atoms with van der Waals surface area (Å²) in [5.41, 5.74) is -1.39. The molecule has 0 aliphatic carbocycles. The van der Waals surface area contributed by atoms with Gasteiger partial charge in [0.2, 0.25) is 11.9 Å². The van der Waals surface area contributed by atoms with Gasteiger partial charge in [0.15, 0.2) is 6.17 Å². The van der Waals surface area contributed by atoms with E-state index in [1.807, 2.05) is 0 Å². The maximum atomic E-state index is 14.6. The Morgan fingerprint density at radius 3 is 2.50 bits per heavy atom. The summed E-state index contributed by atoms with van der Waals surface area (Å²) in [5, 5.41) is 0. The van der Waals surface area contributed by atoms with Crippen LogP contribution in [0.3, 0.4) is 0 Å². The Bertz CT molecular complexity index is 547. The molecule has 0 N–H and O–H groups in total. The van der Waals surface area contributed by atoms with Gasteiger partial charge in [-0.05, 0) is 25.5 Å². The van der Waals surface area contributed by atoms with Gasteiger partial charge in [-0.25, -0.2) is 9.18 Å². The molecule has 1 aromatic carbocycles. The van der Waals surface area contributed by atoms with Crippen LogP contribution in [0, 0.1) is 0 Å². The third-order valence-corrected chi connectivity index (χ3v) is 3.64. The van der Waals surface area contributed by atoms with Gasteiger partial charge in [0.1, 0.15) is 0 Å². The van der Waals surface area contributed by atoms with E-state index in [0.29, 0.717) is 6.42 Å². The van der Waals surface area contributed by atoms with E-state index in [2.05, 4.69) is 0 Å². The van der Waals surface area contributed by atoms with Crippen molar-refractivity contribution in [2.75, 3.05) is 0 Å². The molecule has 0 spiro atoms. The predicted octanol–water partition coefficient (Wildman–Crippen LogP) is 2.64. The molecule has 0 saturated carbocycles. The van der Waals surface area contributed by atoms with Crippen molar-refractivity contribution >= 4 is 11.9 Å². The smallest absolute Gasteiger partial charge is 0.339 e. The molecule has 0 bridgehead atoms. The molecule has 1 aliphatic heterocycles. The quantitative estimate of drug-likeness (QED) is 0.800. The maximum absolute atomic E-state index is 14.6. The summed E-state index contributed by atoms with van der Waals surface area (Å²) < 4.78 is 30.3. The summed E-state index contributed by atoms with van der Waals surface area (Å²) in [6, 6.07) is 8.23. The van der Waals surface area contributed by atoms with Crippen LogP contribution in [0.15, 0.2) is 30.3 Å². The van der Waals surface area contributed by atoms with E-state index in [9.17, 15) is 14.0 Å². The van der Waals surface area contributed by atoms with Gasteiger partial charge in [-0.2, -0.15) is 0 Å². The predicted molar refractivity (Wildman–Crippen MR) is 75.9 cm³/mol. The van der Waals surface area contributed by atoms with Crippen LogP contribution >= 0.6 is 0 Å². The molecule has 1 fully saturated rings. The Labute approximate surface area is 128 Å².